The lowest BCUT2D eigenvalue weighted by Crippen LogP contribution is -1.83. The average molecular weight is 263 g/mol. The molecule has 0 unspecified atom stereocenters. The van der Waals surface area contributed by atoms with Crippen molar-refractivity contribution in [2.75, 3.05) is 7.11 Å². The maximum atomic E-state index is 5.12. The van der Waals surface area contributed by atoms with Gasteiger partial charge >= 0.3 is 0 Å². The summed E-state index contributed by atoms with van der Waals surface area (Å²) < 4.78 is 5.12. The Morgan fingerprint density at radius 3 is 2.59 bits per heavy atom. The molecule has 1 heterocycles. The summed E-state index contributed by atoms with van der Waals surface area (Å²) in [5.74, 6) is 1.86. The summed E-state index contributed by atoms with van der Waals surface area (Å²) in [4.78, 5) is 4.26. The Hall–Kier alpha value is -1.13. The highest BCUT2D eigenvalue weighted by atomic mass is 33.1. The molecule has 0 radical (unpaired) electrons. The zero-order valence-electron chi connectivity index (χ0n) is 9.50. The number of hydrogen-bond acceptors (Lipinski definition) is 4. The van der Waals surface area contributed by atoms with Crippen molar-refractivity contribution in [2.24, 2.45) is 0 Å². The van der Waals surface area contributed by atoms with Crippen LogP contribution in [0.15, 0.2) is 53.7 Å². The van der Waals surface area contributed by atoms with Crippen molar-refractivity contribution in [1.82, 2.24) is 4.98 Å². The minimum atomic E-state index is 0.899. The van der Waals surface area contributed by atoms with Gasteiger partial charge in [0.1, 0.15) is 10.8 Å². The van der Waals surface area contributed by atoms with E-state index in [-0.39, 0.29) is 0 Å². The average Bonchev–Trinajstić information content (AvgIpc) is 2.41. The highest BCUT2D eigenvalue weighted by molar-refractivity contribution is 8.76. The molecule has 2 aromatic rings. The lowest BCUT2D eigenvalue weighted by atomic mass is 10.2. The van der Waals surface area contributed by atoms with Gasteiger partial charge in [0.05, 0.1) is 7.11 Å². The Labute approximate surface area is 109 Å². The number of aromatic nitrogens is 1. The van der Waals surface area contributed by atoms with Crippen LogP contribution < -0.4 is 4.74 Å². The van der Waals surface area contributed by atoms with E-state index in [1.165, 1.54) is 5.56 Å². The molecule has 2 nitrogen and oxygen atoms in total. The summed E-state index contributed by atoms with van der Waals surface area (Å²) in [6.45, 7) is 0. The van der Waals surface area contributed by atoms with Crippen LogP contribution in [0.4, 0.5) is 0 Å². The molecule has 4 heteroatoms. The van der Waals surface area contributed by atoms with E-state index in [1.807, 2.05) is 36.5 Å². The zero-order chi connectivity index (χ0) is 11.9. The minimum absolute atomic E-state index is 0.899. The fourth-order valence-corrected chi connectivity index (χ4v) is 3.27. The zero-order valence-corrected chi connectivity index (χ0v) is 11.1. The Morgan fingerprint density at radius 1 is 1.12 bits per heavy atom. The lowest BCUT2D eigenvalue weighted by Gasteiger charge is -2.02. The van der Waals surface area contributed by atoms with Crippen LogP contribution in [0.5, 0.6) is 5.75 Å². The fraction of sp³-hybridized carbons (Fsp3) is 0.154. The molecule has 0 aliphatic heterocycles. The molecule has 0 fully saturated rings. The van der Waals surface area contributed by atoms with E-state index in [0.29, 0.717) is 0 Å². The molecule has 0 saturated carbocycles. The molecule has 0 aliphatic carbocycles. The number of ether oxygens (including phenoxy) is 1. The van der Waals surface area contributed by atoms with Crippen molar-refractivity contribution in [1.29, 1.82) is 0 Å². The number of rotatable bonds is 5. The Balaban J connectivity index is 1.82. The number of hydrogen-bond donors (Lipinski definition) is 0. The molecule has 1 aromatic carbocycles. The summed E-state index contributed by atoms with van der Waals surface area (Å²) in [6.07, 6.45) is 1.82. The highest BCUT2D eigenvalue weighted by Gasteiger charge is 1.97. The molecule has 0 saturated heterocycles. The van der Waals surface area contributed by atoms with Crippen LogP contribution in [-0.2, 0) is 5.75 Å². The Bertz CT molecular complexity index is 445. The first-order valence-corrected chi connectivity index (χ1v) is 7.54. The second kappa shape index (κ2) is 6.57. The summed E-state index contributed by atoms with van der Waals surface area (Å²) >= 11 is 0. The van der Waals surface area contributed by atoms with Crippen molar-refractivity contribution in [3.05, 3.63) is 54.2 Å². The van der Waals surface area contributed by atoms with Crippen LogP contribution in [0.3, 0.4) is 0 Å². The Kier molecular flexibility index (Phi) is 4.76. The third kappa shape index (κ3) is 3.98. The monoisotopic (exact) mass is 263 g/mol. The first-order valence-electron chi connectivity index (χ1n) is 5.22. The van der Waals surface area contributed by atoms with Crippen LogP contribution in [0.2, 0.25) is 0 Å². The van der Waals surface area contributed by atoms with Crippen molar-refractivity contribution in [3.8, 4) is 5.75 Å². The van der Waals surface area contributed by atoms with Gasteiger partial charge in [-0.05, 0) is 40.6 Å². The lowest BCUT2D eigenvalue weighted by molar-refractivity contribution is 0.414. The summed E-state index contributed by atoms with van der Waals surface area (Å²) in [5, 5.41) is 1.05. The molecule has 0 atom stereocenters. The molecule has 2 rings (SSSR count). The van der Waals surface area contributed by atoms with Gasteiger partial charge in [-0.2, -0.15) is 0 Å². The second-order valence-electron chi connectivity index (χ2n) is 3.36. The van der Waals surface area contributed by atoms with Crippen molar-refractivity contribution < 1.29 is 4.74 Å². The van der Waals surface area contributed by atoms with Crippen LogP contribution in [-0.4, -0.2) is 12.1 Å². The van der Waals surface area contributed by atoms with Crippen LogP contribution in [0.25, 0.3) is 0 Å². The maximum absolute atomic E-state index is 5.12. The van der Waals surface area contributed by atoms with E-state index < -0.39 is 0 Å². The van der Waals surface area contributed by atoms with Gasteiger partial charge in [0.25, 0.3) is 0 Å². The fourth-order valence-electron chi connectivity index (χ4n) is 1.28. The molecule has 17 heavy (non-hydrogen) atoms. The SMILES string of the molecule is COc1ccc(CSSc2ccccn2)cc1. The smallest absolute Gasteiger partial charge is 0.118 e. The Morgan fingerprint density at radius 2 is 1.94 bits per heavy atom. The van der Waals surface area contributed by atoms with Gasteiger partial charge in [-0.1, -0.05) is 29.0 Å². The van der Waals surface area contributed by atoms with E-state index in [4.69, 9.17) is 4.74 Å². The van der Waals surface area contributed by atoms with E-state index in [9.17, 15) is 0 Å². The number of benzene rings is 1. The second-order valence-corrected chi connectivity index (χ2v) is 5.68. The van der Waals surface area contributed by atoms with Gasteiger partial charge in [0.2, 0.25) is 0 Å². The quantitative estimate of drug-likeness (QED) is 0.759. The predicted molar refractivity (Wildman–Crippen MR) is 74.4 cm³/mol. The molecule has 1 aromatic heterocycles. The van der Waals surface area contributed by atoms with Crippen LogP contribution in [0, 0.1) is 0 Å². The van der Waals surface area contributed by atoms with Gasteiger partial charge in [-0.3, -0.25) is 0 Å². The normalized spacial score (nSPS) is 10.2. The van der Waals surface area contributed by atoms with Crippen molar-refractivity contribution in [2.45, 2.75) is 10.8 Å². The third-order valence-corrected chi connectivity index (χ3v) is 4.37. The molecule has 0 N–H and O–H groups in total. The molecular weight excluding hydrogens is 250 g/mol. The third-order valence-electron chi connectivity index (χ3n) is 2.17. The molecule has 0 bridgehead atoms. The molecule has 88 valence electrons. The topological polar surface area (TPSA) is 22.1 Å². The number of pyridine rings is 1. The standard InChI is InChI=1S/C13H13NOS2/c1-15-12-7-5-11(6-8-12)10-16-17-13-4-2-3-9-14-13/h2-9H,10H2,1H3. The first kappa shape index (κ1) is 12.3. The first-order chi connectivity index (χ1) is 8.38. The van der Waals surface area contributed by atoms with Crippen LogP contribution in [0.1, 0.15) is 5.56 Å². The predicted octanol–water partition coefficient (Wildman–Crippen LogP) is 4.03. The molecule has 0 spiro atoms. The van der Waals surface area contributed by atoms with Gasteiger partial charge in [0, 0.05) is 11.9 Å². The maximum Gasteiger partial charge on any atom is 0.118 e. The minimum Gasteiger partial charge on any atom is -0.497 e. The molecule has 0 amide bonds. The van der Waals surface area contributed by atoms with E-state index >= 15 is 0 Å². The number of methoxy groups -OCH3 is 1. The van der Waals surface area contributed by atoms with Crippen LogP contribution >= 0.6 is 21.6 Å². The molecular formula is C13H13NOS2. The summed E-state index contributed by atoms with van der Waals surface area (Å²) in [6, 6.07) is 14.1. The van der Waals surface area contributed by atoms with Gasteiger partial charge in [-0.15, -0.1) is 0 Å². The van der Waals surface area contributed by atoms with Gasteiger partial charge in [0.15, 0.2) is 0 Å². The summed E-state index contributed by atoms with van der Waals surface area (Å²) in [7, 11) is 5.17. The van der Waals surface area contributed by atoms with Gasteiger partial charge < -0.3 is 4.74 Å². The highest BCUT2D eigenvalue weighted by Crippen LogP contribution is 2.32. The largest absolute Gasteiger partial charge is 0.497 e. The van der Waals surface area contributed by atoms with Crippen molar-refractivity contribution >= 4 is 21.6 Å². The number of nitrogens with zero attached hydrogens (tertiary/aromatic N) is 1. The van der Waals surface area contributed by atoms with Gasteiger partial charge in [-0.25, -0.2) is 4.98 Å². The van der Waals surface area contributed by atoms with E-state index in [0.717, 1.165) is 16.5 Å². The van der Waals surface area contributed by atoms with E-state index in [2.05, 4.69) is 17.1 Å². The van der Waals surface area contributed by atoms with Crippen molar-refractivity contribution in [3.63, 3.8) is 0 Å². The van der Waals surface area contributed by atoms with E-state index in [1.54, 1.807) is 28.7 Å². The molecule has 0 aliphatic rings. The summed E-state index contributed by atoms with van der Waals surface area (Å²) in [5.41, 5.74) is 1.29.